The molecule has 0 amide bonds. The standard InChI is InChI=1S/C14H31N3/c1-12(2)6-8-14(3,11-15)17-9-7-13(10-17)16(4)5/h12-13H,6-11,15H2,1-5H3. The first-order valence-corrected chi connectivity index (χ1v) is 7.00. The van der Waals surface area contributed by atoms with Gasteiger partial charge in [0.25, 0.3) is 0 Å². The second kappa shape index (κ2) is 6.17. The Bertz CT molecular complexity index is 228. The summed E-state index contributed by atoms with van der Waals surface area (Å²) in [6.45, 7) is 10.1. The highest BCUT2D eigenvalue weighted by atomic mass is 15.3. The van der Waals surface area contributed by atoms with Crippen molar-refractivity contribution in [2.75, 3.05) is 33.7 Å². The molecule has 1 aliphatic heterocycles. The summed E-state index contributed by atoms with van der Waals surface area (Å²) in [7, 11) is 4.37. The fraction of sp³-hybridized carbons (Fsp3) is 1.00. The molecule has 0 aromatic carbocycles. The Hall–Kier alpha value is -0.120. The highest BCUT2D eigenvalue weighted by molar-refractivity contribution is 4.94. The molecule has 0 saturated carbocycles. The Morgan fingerprint density at radius 2 is 2.06 bits per heavy atom. The molecule has 2 unspecified atom stereocenters. The third-order valence-corrected chi connectivity index (χ3v) is 4.36. The van der Waals surface area contributed by atoms with Gasteiger partial charge in [-0.1, -0.05) is 13.8 Å². The van der Waals surface area contributed by atoms with Crippen molar-refractivity contribution in [1.82, 2.24) is 9.80 Å². The van der Waals surface area contributed by atoms with Crippen LogP contribution in [0.1, 0.15) is 40.0 Å². The second-order valence-corrected chi connectivity index (χ2v) is 6.49. The van der Waals surface area contributed by atoms with Gasteiger partial charge in [-0.25, -0.2) is 0 Å². The Morgan fingerprint density at radius 1 is 1.41 bits per heavy atom. The van der Waals surface area contributed by atoms with E-state index in [0.29, 0.717) is 6.04 Å². The van der Waals surface area contributed by atoms with Crippen LogP contribution in [0.25, 0.3) is 0 Å². The van der Waals surface area contributed by atoms with E-state index in [1.165, 1.54) is 32.4 Å². The van der Waals surface area contributed by atoms with Gasteiger partial charge >= 0.3 is 0 Å². The first kappa shape index (κ1) is 14.9. The van der Waals surface area contributed by atoms with Gasteiger partial charge < -0.3 is 10.6 Å². The maximum atomic E-state index is 6.04. The molecule has 3 nitrogen and oxygen atoms in total. The van der Waals surface area contributed by atoms with Gasteiger partial charge in [-0.2, -0.15) is 0 Å². The lowest BCUT2D eigenvalue weighted by Crippen LogP contribution is -2.51. The van der Waals surface area contributed by atoms with Crippen molar-refractivity contribution in [3.8, 4) is 0 Å². The summed E-state index contributed by atoms with van der Waals surface area (Å²) in [5.74, 6) is 0.771. The lowest BCUT2D eigenvalue weighted by atomic mass is 9.90. The monoisotopic (exact) mass is 241 g/mol. The van der Waals surface area contributed by atoms with Crippen LogP contribution in [-0.4, -0.2) is 55.1 Å². The van der Waals surface area contributed by atoms with Crippen LogP contribution in [0.5, 0.6) is 0 Å². The minimum absolute atomic E-state index is 0.203. The fourth-order valence-electron chi connectivity index (χ4n) is 2.64. The van der Waals surface area contributed by atoms with Crippen molar-refractivity contribution < 1.29 is 0 Å². The zero-order chi connectivity index (χ0) is 13.1. The van der Waals surface area contributed by atoms with Crippen LogP contribution in [0.15, 0.2) is 0 Å². The van der Waals surface area contributed by atoms with Crippen molar-refractivity contribution in [1.29, 1.82) is 0 Å². The molecular weight excluding hydrogens is 210 g/mol. The molecule has 0 spiro atoms. The van der Waals surface area contributed by atoms with Gasteiger partial charge in [0.1, 0.15) is 0 Å². The van der Waals surface area contributed by atoms with E-state index in [1.54, 1.807) is 0 Å². The number of nitrogens with two attached hydrogens (primary N) is 1. The minimum Gasteiger partial charge on any atom is -0.329 e. The van der Waals surface area contributed by atoms with E-state index >= 15 is 0 Å². The van der Waals surface area contributed by atoms with Crippen molar-refractivity contribution in [2.24, 2.45) is 11.7 Å². The zero-order valence-electron chi connectivity index (χ0n) is 12.4. The first-order chi connectivity index (χ1) is 7.89. The molecule has 1 rings (SSSR count). The lowest BCUT2D eigenvalue weighted by molar-refractivity contribution is 0.115. The number of likely N-dealkylation sites (tertiary alicyclic amines) is 1. The van der Waals surface area contributed by atoms with E-state index in [1.807, 2.05) is 0 Å². The number of hydrogen-bond donors (Lipinski definition) is 1. The van der Waals surface area contributed by atoms with Crippen LogP contribution in [0.4, 0.5) is 0 Å². The average molecular weight is 241 g/mol. The largest absolute Gasteiger partial charge is 0.329 e. The van der Waals surface area contributed by atoms with Crippen LogP contribution < -0.4 is 5.73 Å². The SMILES string of the molecule is CC(C)CCC(C)(CN)N1CCC(N(C)C)C1. The van der Waals surface area contributed by atoms with Crippen molar-refractivity contribution in [3.63, 3.8) is 0 Å². The van der Waals surface area contributed by atoms with E-state index in [-0.39, 0.29) is 5.54 Å². The average Bonchev–Trinajstić information content (AvgIpc) is 2.75. The van der Waals surface area contributed by atoms with Gasteiger partial charge in [-0.3, -0.25) is 4.90 Å². The van der Waals surface area contributed by atoms with Crippen LogP contribution in [-0.2, 0) is 0 Å². The summed E-state index contributed by atoms with van der Waals surface area (Å²) >= 11 is 0. The molecule has 0 radical (unpaired) electrons. The number of likely N-dealkylation sites (N-methyl/N-ethyl adjacent to an activating group) is 1. The minimum atomic E-state index is 0.203. The predicted octanol–water partition coefficient (Wildman–Crippen LogP) is 1.78. The van der Waals surface area contributed by atoms with Crippen molar-refractivity contribution in [3.05, 3.63) is 0 Å². The number of nitrogens with zero attached hydrogens (tertiary/aromatic N) is 2. The smallest absolute Gasteiger partial charge is 0.0304 e. The molecule has 0 aromatic rings. The molecule has 1 aliphatic rings. The van der Waals surface area contributed by atoms with Crippen molar-refractivity contribution >= 4 is 0 Å². The Morgan fingerprint density at radius 3 is 2.47 bits per heavy atom. The molecule has 1 fully saturated rings. The highest BCUT2D eigenvalue weighted by Crippen LogP contribution is 2.27. The third-order valence-electron chi connectivity index (χ3n) is 4.36. The van der Waals surface area contributed by atoms with Crippen LogP contribution >= 0.6 is 0 Å². The predicted molar refractivity (Wildman–Crippen MR) is 75.2 cm³/mol. The van der Waals surface area contributed by atoms with E-state index in [4.69, 9.17) is 5.73 Å². The molecule has 2 N–H and O–H groups in total. The lowest BCUT2D eigenvalue weighted by Gasteiger charge is -2.39. The quantitative estimate of drug-likeness (QED) is 0.769. The molecular formula is C14H31N3. The van der Waals surface area contributed by atoms with Gasteiger partial charge in [0.2, 0.25) is 0 Å². The normalized spacial score (nSPS) is 25.8. The van der Waals surface area contributed by atoms with Crippen LogP contribution in [0.3, 0.4) is 0 Å². The van der Waals surface area contributed by atoms with E-state index in [2.05, 4.69) is 44.7 Å². The van der Waals surface area contributed by atoms with Crippen LogP contribution in [0, 0.1) is 5.92 Å². The summed E-state index contributed by atoms with van der Waals surface area (Å²) in [5.41, 5.74) is 6.24. The molecule has 2 atom stereocenters. The van der Waals surface area contributed by atoms with Gasteiger partial charge in [-0.05, 0) is 46.2 Å². The van der Waals surface area contributed by atoms with Gasteiger partial charge in [-0.15, -0.1) is 0 Å². The van der Waals surface area contributed by atoms with Gasteiger partial charge in [0.15, 0.2) is 0 Å². The summed E-state index contributed by atoms with van der Waals surface area (Å²) in [4.78, 5) is 4.96. The molecule has 1 saturated heterocycles. The molecule has 0 bridgehead atoms. The maximum absolute atomic E-state index is 6.04. The highest BCUT2D eigenvalue weighted by Gasteiger charge is 2.36. The second-order valence-electron chi connectivity index (χ2n) is 6.49. The molecule has 102 valence electrons. The summed E-state index contributed by atoms with van der Waals surface area (Å²) in [6, 6.07) is 0.708. The van der Waals surface area contributed by atoms with Gasteiger partial charge in [0, 0.05) is 31.2 Å². The number of hydrogen-bond acceptors (Lipinski definition) is 3. The van der Waals surface area contributed by atoms with Crippen molar-refractivity contribution in [2.45, 2.75) is 51.6 Å². The fourth-order valence-corrected chi connectivity index (χ4v) is 2.64. The van der Waals surface area contributed by atoms with Crippen LogP contribution in [0.2, 0.25) is 0 Å². The Kier molecular flexibility index (Phi) is 5.42. The molecule has 0 aliphatic carbocycles. The summed E-state index contributed by atoms with van der Waals surface area (Å²) in [6.07, 6.45) is 3.78. The van der Waals surface area contributed by atoms with E-state index in [9.17, 15) is 0 Å². The number of rotatable bonds is 6. The van der Waals surface area contributed by atoms with Gasteiger partial charge in [0.05, 0.1) is 0 Å². The molecule has 1 heterocycles. The molecule has 3 heteroatoms. The summed E-state index contributed by atoms with van der Waals surface area (Å²) < 4.78 is 0. The maximum Gasteiger partial charge on any atom is 0.0304 e. The molecule has 17 heavy (non-hydrogen) atoms. The Labute approximate surface area is 107 Å². The van der Waals surface area contributed by atoms with E-state index in [0.717, 1.165) is 12.5 Å². The van der Waals surface area contributed by atoms with E-state index < -0.39 is 0 Å². The summed E-state index contributed by atoms with van der Waals surface area (Å²) in [5, 5.41) is 0. The zero-order valence-corrected chi connectivity index (χ0v) is 12.4. The first-order valence-electron chi connectivity index (χ1n) is 7.00. The third kappa shape index (κ3) is 3.94. The molecule has 0 aromatic heterocycles. The Balaban J connectivity index is 2.55. The topological polar surface area (TPSA) is 32.5 Å².